The van der Waals surface area contributed by atoms with Crippen molar-refractivity contribution in [1.29, 1.82) is 0 Å². The Morgan fingerprint density at radius 1 is 1.47 bits per heavy atom. The lowest BCUT2D eigenvalue weighted by Crippen LogP contribution is -2.38. The van der Waals surface area contributed by atoms with E-state index in [1.165, 1.54) is 0 Å². The maximum absolute atomic E-state index is 11.7. The van der Waals surface area contributed by atoms with Gasteiger partial charge in [0.1, 0.15) is 0 Å². The SMILES string of the molecule is CCC(C)[C@H](N)CC(=O)NCC1CCOCC1. The van der Waals surface area contributed by atoms with Gasteiger partial charge in [-0.3, -0.25) is 4.79 Å². The highest BCUT2D eigenvalue weighted by Gasteiger charge is 2.17. The molecule has 100 valence electrons. The van der Waals surface area contributed by atoms with Crippen LogP contribution in [-0.4, -0.2) is 31.7 Å². The number of nitrogens with two attached hydrogens (primary N) is 1. The minimum atomic E-state index is -0.0188. The molecule has 0 bridgehead atoms. The minimum absolute atomic E-state index is 0.0188. The van der Waals surface area contributed by atoms with Crippen molar-refractivity contribution in [2.24, 2.45) is 17.6 Å². The van der Waals surface area contributed by atoms with Gasteiger partial charge in [-0.25, -0.2) is 0 Å². The molecule has 4 heteroatoms. The molecule has 4 nitrogen and oxygen atoms in total. The fraction of sp³-hybridized carbons (Fsp3) is 0.923. The molecule has 17 heavy (non-hydrogen) atoms. The summed E-state index contributed by atoms with van der Waals surface area (Å²) in [5.74, 6) is 1.07. The molecular weight excluding hydrogens is 216 g/mol. The summed E-state index contributed by atoms with van der Waals surface area (Å²) in [6, 6.07) is -0.0188. The van der Waals surface area contributed by atoms with Crippen LogP contribution in [0.1, 0.15) is 39.5 Å². The Morgan fingerprint density at radius 3 is 2.71 bits per heavy atom. The third-order valence-electron chi connectivity index (χ3n) is 3.72. The van der Waals surface area contributed by atoms with Gasteiger partial charge < -0.3 is 15.8 Å². The average Bonchev–Trinajstić information content (AvgIpc) is 2.36. The predicted octanol–water partition coefficient (Wildman–Crippen LogP) is 1.29. The highest BCUT2D eigenvalue weighted by molar-refractivity contribution is 5.76. The molecule has 1 aliphatic rings. The van der Waals surface area contributed by atoms with Crippen molar-refractivity contribution in [1.82, 2.24) is 5.32 Å². The van der Waals surface area contributed by atoms with Crippen LogP contribution in [0.2, 0.25) is 0 Å². The van der Waals surface area contributed by atoms with Gasteiger partial charge in [-0.2, -0.15) is 0 Å². The molecule has 0 radical (unpaired) electrons. The molecule has 1 saturated heterocycles. The number of carbonyl (C=O) groups excluding carboxylic acids is 1. The first-order valence-corrected chi connectivity index (χ1v) is 6.73. The Hall–Kier alpha value is -0.610. The third-order valence-corrected chi connectivity index (χ3v) is 3.72. The van der Waals surface area contributed by atoms with E-state index in [4.69, 9.17) is 10.5 Å². The lowest BCUT2D eigenvalue weighted by atomic mass is 9.96. The molecule has 1 fully saturated rings. The fourth-order valence-electron chi connectivity index (χ4n) is 2.00. The van der Waals surface area contributed by atoms with Gasteiger partial charge >= 0.3 is 0 Å². The summed E-state index contributed by atoms with van der Waals surface area (Å²) in [7, 11) is 0. The zero-order chi connectivity index (χ0) is 12.7. The van der Waals surface area contributed by atoms with Crippen molar-refractivity contribution >= 4 is 5.91 Å². The molecule has 0 saturated carbocycles. The van der Waals surface area contributed by atoms with E-state index in [1.54, 1.807) is 0 Å². The first-order valence-electron chi connectivity index (χ1n) is 6.73. The van der Waals surface area contributed by atoms with E-state index in [0.29, 0.717) is 18.3 Å². The van der Waals surface area contributed by atoms with E-state index in [2.05, 4.69) is 19.2 Å². The number of ether oxygens (including phenoxy) is 1. The molecule has 0 aromatic heterocycles. The Bertz CT molecular complexity index is 227. The maximum Gasteiger partial charge on any atom is 0.221 e. The molecule has 1 heterocycles. The van der Waals surface area contributed by atoms with Crippen molar-refractivity contribution < 1.29 is 9.53 Å². The van der Waals surface area contributed by atoms with Crippen LogP contribution >= 0.6 is 0 Å². The smallest absolute Gasteiger partial charge is 0.221 e. The Kier molecular flexibility index (Phi) is 6.52. The normalized spacial score (nSPS) is 20.9. The highest BCUT2D eigenvalue weighted by Crippen LogP contribution is 2.13. The molecule has 2 atom stereocenters. The van der Waals surface area contributed by atoms with Crippen molar-refractivity contribution in [2.45, 2.75) is 45.6 Å². The predicted molar refractivity (Wildman–Crippen MR) is 68.6 cm³/mol. The zero-order valence-electron chi connectivity index (χ0n) is 11.1. The second kappa shape index (κ2) is 7.67. The number of amides is 1. The highest BCUT2D eigenvalue weighted by atomic mass is 16.5. The first kappa shape index (κ1) is 14.5. The summed E-state index contributed by atoms with van der Waals surface area (Å²) in [4.78, 5) is 11.7. The Labute approximate surface area is 104 Å². The lowest BCUT2D eigenvalue weighted by molar-refractivity contribution is -0.122. The van der Waals surface area contributed by atoms with Crippen LogP contribution in [0.15, 0.2) is 0 Å². The van der Waals surface area contributed by atoms with Crippen molar-refractivity contribution in [3.8, 4) is 0 Å². The van der Waals surface area contributed by atoms with Crippen LogP contribution in [0.5, 0.6) is 0 Å². The van der Waals surface area contributed by atoms with Crippen molar-refractivity contribution in [2.75, 3.05) is 19.8 Å². The van der Waals surface area contributed by atoms with Crippen LogP contribution in [0.4, 0.5) is 0 Å². The van der Waals surface area contributed by atoms with E-state index in [-0.39, 0.29) is 11.9 Å². The molecule has 1 unspecified atom stereocenters. The van der Waals surface area contributed by atoms with Gasteiger partial charge in [0.25, 0.3) is 0 Å². The van der Waals surface area contributed by atoms with E-state index < -0.39 is 0 Å². The van der Waals surface area contributed by atoms with Crippen molar-refractivity contribution in [3.63, 3.8) is 0 Å². The number of carbonyl (C=O) groups is 1. The van der Waals surface area contributed by atoms with E-state index in [1.807, 2.05) is 0 Å². The second-order valence-corrected chi connectivity index (χ2v) is 5.11. The molecular formula is C13H26N2O2. The summed E-state index contributed by atoms with van der Waals surface area (Å²) in [6.07, 6.45) is 3.57. The van der Waals surface area contributed by atoms with Crippen LogP contribution in [0.3, 0.4) is 0 Å². The molecule has 0 aromatic carbocycles. The van der Waals surface area contributed by atoms with E-state index >= 15 is 0 Å². The summed E-state index contributed by atoms with van der Waals surface area (Å²) >= 11 is 0. The quantitative estimate of drug-likeness (QED) is 0.737. The molecule has 1 aliphatic heterocycles. The molecule has 1 amide bonds. The van der Waals surface area contributed by atoms with Crippen LogP contribution in [-0.2, 0) is 9.53 Å². The van der Waals surface area contributed by atoms with Gasteiger partial charge in [0.2, 0.25) is 5.91 Å². The molecule has 3 N–H and O–H groups in total. The molecule has 0 aromatic rings. The monoisotopic (exact) mass is 242 g/mol. The van der Waals surface area contributed by atoms with Crippen LogP contribution < -0.4 is 11.1 Å². The van der Waals surface area contributed by atoms with Gasteiger partial charge in [0.05, 0.1) is 0 Å². The largest absolute Gasteiger partial charge is 0.381 e. The van der Waals surface area contributed by atoms with Gasteiger partial charge in [-0.15, -0.1) is 0 Å². The lowest BCUT2D eigenvalue weighted by Gasteiger charge is -2.23. The second-order valence-electron chi connectivity index (χ2n) is 5.11. The van der Waals surface area contributed by atoms with Gasteiger partial charge in [0.15, 0.2) is 0 Å². The number of rotatable bonds is 6. The summed E-state index contributed by atoms with van der Waals surface area (Å²) in [6.45, 7) is 6.62. The maximum atomic E-state index is 11.7. The number of nitrogens with one attached hydrogen (secondary N) is 1. The summed E-state index contributed by atoms with van der Waals surface area (Å²) < 4.78 is 5.28. The molecule has 1 rings (SSSR count). The number of hydrogen-bond acceptors (Lipinski definition) is 3. The molecule has 0 aliphatic carbocycles. The van der Waals surface area contributed by atoms with Crippen LogP contribution in [0.25, 0.3) is 0 Å². The topological polar surface area (TPSA) is 64.4 Å². The van der Waals surface area contributed by atoms with Gasteiger partial charge in [-0.1, -0.05) is 20.3 Å². The molecule has 0 spiro atoms. The first-order chi connectivity index (χ1) is 8.13. The standard InChI is InChI=1S/C13H26N2O2/c1-3-10(2)12(14)8-13(16)15-9-11-4-6-17-7-5-11/h10-12H,3-9,14H2,1-2H3,(H,15,16)/t10?,12-/m1/s1. The third kappa shape index (κ3) is 5.50. The zero-order valence-corrected chi connectivity index (χ0v) is 11.1. The Balaban J connectivity index is 2.15. The van der Waals surface area contributed by atoms with Gasteiger partial charge in [0, 0.05) is 32.2 Å². The summed E-state index contributed by atoms with van der Waals surface area (Å²) in [5.41, 5.74) is 5.96. The fourth-order valence-corrected chi connectivity index (χ4v) is 2.00. The van der Waals surface area contributed by atoms with Crippen molar-refractivity contribution in [3.05, 3.63) is 0 Å². The van der Waals surface area contributed by atoms with Gasteiger partial charge in [-0.05, 0) is 24.7 Å². The number of hydrogen-bond donors (Lipinski definition) is 2. The summed E-state index contributed by atoms with van der Waals surface area (Å²) in [5, 5.41) is 2.99. The Morgan fingerprint density at radius 2 is 2.12 bits per heavy atom. The minimum Gasteiger partial charge on any atom is -0.381 e. The van der Waals surface area contributed by atoms with E-state index in [0.717, 1.165) is 39.0 Å². The average molecular weight is 242 g/mol. The van der Waals surface area contributed by atoms with E-state index in [9.17, 15) is 4.79 Å². The van der Waals surface area contributed by atoms with Crippen LogP contribution in [0, 0.1) is 11.8 Å².